The number of benzene rings is 1. The van der Waals surface area contributed by atoms with Crippen molar-refractivity contribution in [2.24, 2.45) is 11.8 Å². The number of amides is 1. The number of carbonyl (C=O) groups excluding carboxylic acids is 1. The molecule has 1 amide bonds. The lowest BCUT2D eigenvalue weighted by atomic mass is 9.94. The van der Waals surface area contributed by atoms with Crippen LogP contribution in [0.1, 0.15) is 42.5 Å². The van der Waals surface area contributed by atoms with Gasteiger partial charge in [0.25, 0.3) is 5.91 Å². The summed E-state index contributed by atoms with van der Waals surface area (Å²) in [5.41, 5.74) is 0.228. The molecule has 0 aliphatic carbocycles. The van der Waals surface area contributed by atoms with Gasteiger partial charge < -0.3 is 14.8 Å². The van der Waals surface area contributed by atoms with Crippen LogP contribution in [0.15, 0.2) is 52.0 Å². The van der Waals surface area contributed by atoms with Gasteiger partial charge in [-0.05, 0) is 48.6 Å². The van der Waals surface area contributed by atoms with Crippen LogP contribution in [0.4, 0.5) is 0 Å². The van der Waals surface area contributed by atoms with Gasteiger partial charge in [0.05, 0.1) is 17.7 Å². The molecule has 8 heteroatoms. The monoisotopic (exact) mass is 406 g/mol. The molecule has 0 spiro atoms. The normalized spacial score (nSPS) is 22.0. The molecule has 28 heavy (non-hydrogen) atoms. The second kappa shape index (κ2) is 8.46. The Balaban J connectivity index is 1.71. The molecule has 2 N–H and O–H groups in total. The van der Waals surface area contributed by atoms with Crippen LogP contribution in [-0.4, -0.2) is 43.4 Å². The number of hydrogen-bond acceptors (Lipinski definition) is 5. The number of nitrogens with zero attached hydrogens (tertiary/aromatic N) is 1. The summed E-state index contributed by atoms with van der Waals surface area (Å²) in [6.45, 7) is 5.03. The van der Waals surface area contributed by atoms with Gasteiger partial charge in [0, 0.05) is 18.7 Å². The number of sulfonamides is 1. The maximum absolute atomic E-state index is 13.0. The van der Waals surface area contributed by atoms with E-state index >= 15 is 0 Å². The lowest BCUT2D eigenvalue weighted by molar-refractivity contribution is 0.0901. The quantitative estimate of drug-likeness (QED) is 0.767. The number of aliphatic hydroxyl groups is 1. The lowest BCUT2D eigenvalue weighted by Gasteiger charge is -2.34. The van der Waals surface area contributed by atoms with Crippen molar-refractivity contribution < 1.29 is 22.7 Å². The topological polar surface area (TPSA) is 99.9 Å². The Morgan fingerprint density at radius 2 is 1.96 bits per heavy atom. The summed E-state index contributed by atoms with van der Waals surface area (Å²) in [5, 5.41) is 12.6. The Bertz CT molecular complexity index is 900. The molecular formula is C20H26N2O5S. The first-order valence-corrected chi connectivity index (χ1v) is 10.8. The maximum Gasteiger partial charge on any atom is 0.251 e. The fourth-order valence-corrected chi connectivity index (χ4v) is 5.35. The van der Waals surface area contributed by atoms with Gasteiger partial charge >= 0.3 is 0 Å². The van der Waals surface area contributed by atoms with Gasteiger partial charge in [-0.1, -0.05) is 19.9 Å². The van der Waals surface area contributed by atoms with Crippen LogP contribution in [0.5, 0.6) is 0 Å². The number of carbonyl (C=O) groups is 1. The number of piperidine rings is 1. The van der Waals surface area contributed by atoms with Crippen molar-refractivity contribution in [3.05, 3.63) is 54.0 Å². The van der Waals surface area contributed by atoms with Gasteiger partial charge in [0.2, 0.25) is 10.0 Å². The third kappa shape index (κ3) is 4.63. The Labute approximate surface area is 165 Å². The van der Waals surface area contributed by atoms with Crippen LogP contribution in [0.2, 0.25) is 0 Å². The van der Waals surface area contributed by atoms with Crippen LogP contribution >= 0.6 is 0 Å². The van der Waals surface area contributed by atoms with Crippen LogP contribution in [0.3, 0.4) is 0 Å². The Kier molecular flexibility index (Phi) is 6.22. The average Bonchev–Trinajstić information content (AvgIpc) is 3.20. The maximum atomic E-state index is 13.0. The minimum absolute atomic E-state index is 0.0372. The van der Waals surface area contributed by atoms with Crippen molar-refractivity contribution >= 4 is 15.9 Å². The van der Waals surface area contributed by atoms with Gasteiger partial charge in [-0.15, -0.1) is 0 Å². The molecule has 3 atom stereocenters. The minimum atomic E-state index is -3.66. The smallest absolute Gasteiger partial charge is 0.251 e. The Hall–Kier alpha value is -2.16. The van der Waals surface area contributed by atoms with Crippen molar-refractivity contribution in [2.45, 2.75) is 31.3 Å². The highest BCUT2D eigenvalue weighted by atomic mass is 32.2. The van der Waals surface area contributed by atoms with E-state index in [1.165, 1.54) is 22.7 Å². The average molecular weight is 407 g/mol. The molecule has 152 valence electrons. The minimum Gasteiger partial charge on any atom is -0.467 e. The van der Waals surface area contributed by atoms with E-state index in [0.717, 1.165) is 6.42 Å². The first-order valence-electron chi connectivity index (χ1n) is 9.37. The molecule has 3 rings (SSSR count). The molecule has 2 aromatic rings. The van der Waals surface area contributed by atoms with Crippen LogP contribution in [-0.2, 0) is 10.0 Å². The number of rotatable bonds is 6. The zero-order valence-corrected chi connectivity index (χ0v) is 16.9. The van der Waals surface area contributed by atoms with Gasteiger partial charge in [0.1, 0.15) is 11.9 Å². The summed E-state index contributed by atoms with van der Waals surface area (Å²) in [7, 11) is -3.66. The number of furan rings is 1. The highest BCUT2D eigenvalue weighted by Gasteiger charge is 2.32. The molecule has 1 aromatic heterocycles. The van der Waals surface area contributed by atoms with Crippen molar-refractivity contribution in [1.29, 1.82) is 0 Å². The first kappa shape index (κ1) is 20.6. The summed E-state index contributed by atoms with van der Waals surface area (Å²) in [5.74, 6) is 0.495. The fourth-order valence-electron chi connectivity index (χ4n) is 3.62. The molecule has 1 aliphatic heterocycles. The summed E-state index contributed by atoms with van der Waals surface area (Å²) in [6.07, 6.45) is 1.48. The van der Waals surface area contributed by atoms with Crippen LogP contribution in [0, 0.1) is 11.8 Å². The fraction of sp³-hybridized carbons (Fsp3) is 0.450. The predicted molar refractivity (Wildman–Crippen MR) is 104 cm³/mol. The van der Waals surface area contributed by atoms with Crippen molar-refractivity contribution in [2.75, 3.05) is 19.6 Å². The third-order valence-electron chi connectivity index (χ3n) is 4.90. The summed E-state index contributed by atoms with van der Waals surface area (Å²) in [4.78, 5) is 12.5. The van der Waals surface area contributed by atoms with E-state index in [4.69, 9.17) is 4.42 Å². The van der Waals surface area contributed by atoms with Crippen molar-refractivity contribution in [1.82, 2.24) is 9.62 Å². The molecule has 3 unspecified atom stereocenters. The van der Waals surface area contributed by atoms with E-state index in [-0.39, 0.29) is 17.0 Å². The highest BCUT2D eigenvalue weighted by Crippen LogP contribution is 2.27. The zero-order valence-electron chi connectivity index (χ0n) is 16.0. The number of nitrogens with one attached hydrogen (secondary N) is 1. The van der Waals surface area contributed by atoms with Crippen LogP contribution in [0.25, 0.3) is 0 Å². The largest absolute Gasteiger partial charge is 0.467 e. The predicted octanol–water partition coefficient (Wildman–Crippen LogP) is 2.41. The van der Waals surface area contributed by atoms with Crippen LogP contribution < -0.4 is 5.32 Å². The molecule has 0 bridgehead atoms. The van der Waals surface area contributed by atoms with Gasteiger partial charge in [-0.25, -0.2) is 8.42 Å². The van der Waals surface area contributed by atoms with Gasteiger partial charge in [-0.3, -0.25) is 4.79 Å². The number of aliphatic hydroxyl groups excluding tert-OH is 1. The summed E-state index contributed by atoms with van der Waals surface area (Å²) >= 11 is 0. The molecule has 7 nitrogen and oxygen atoms in total. The Morgan fingerprint density at radius 3 is 2.61 bits per heavy atom. The van der Waals surface area contributed by atoms with Gasteiger partial charge in [0.15, 0.2) is 0 Å². The third-order valence-corrected chi connectivity index (χ3v) is 6.72. The molecule has 1 aromatic carbocycles. The van der Waals surface area contributed by atoms with E-state index < -0.39 is 22.0 Å². The van der Waals surface area contributed by atoms with E-state index in [2.05, 4.69) is 5.32 Å². The van der Waals surface area contributed by atoms with E-state index in [1.807, 2.05) is 13.8 Å². The first-order chi connectivity index (χ1) is 13.3. The van der Waals surface area contributed by atoms with Crippen molar-refractivity contribution in [3.8, 4) is 0 Å². The molecule has 2 heterocycles. The number of hydrogen-bond donors (Lipinski definition) is 2. The summed E-state index contributed by atoms with van der Waals surface area (Å²) < 4.78 is 32.6. The molecule has 0 saturated carbocycles. The zero-order chi connectivity index (χ0) is 20.3. The molecular weight excluding hydrogens is 380 g/mol. The second-order valence-electron chi connectivity index (χ2n) is 7.54. The van der Waals surface area contributed by atoms with Gasteiger partial charge in [-0.2, -0.15) is 4.31 Å². The molecule has 0 radical (unpaired) electrons. The second-order valence-corrected chi connectivity index (χ2v) is 9.48. The summed E-state index contributed by atoms with van der Waals surface area (Å²) in [6, 6.07) is 9.26. The van der Waals surface area contributed by atoms with Crippen molar-refractivity contribution in [3.63, 3.8) is 0 Å². The standard InChI is InChI=1S/C20H26N2O5S/c1-14-9-15(2)13-22(12-14)28(25,26)17-6-3-5-16(10-17)20(24)21-11-18(23)19-7-4-8-27-19/h3-8,10,14-15,18,23H,9,11-13H2,1-2H3,(H,21,24). The highest BCUT2D eigenvalue weighted by molar-refractivity contribution is 7.89. The SMILES string of the molecule is CC1CC(C)CN(S(=O)(=O)c2cccc(C(=O)NCC(O)c3ccco3)c2)C1. The molecule has 1 saturated heterocycles. The van der Waals surface area contributed by atoms with E-state index in [0.29, 0.717) is 30.7 Å². The molecule has 1 fully saturated rings. The molecule has 1 aliphatic rings. The lowest BCUT2D eigenvalue weighted by Crippen LogP contribution is -2.42. The van der Waals surface area contributed by atoms with E-state index in [9.17, 15) is 18.3 Å². The Morgan fingerprint density at radius 1 is 1.25 bits per heavy atom. The van der Waals surface area contributed by atoms with E-state index in [1.54, 1.807) is 24.3 Å².